The van der Waals surface area contributed by atoms with Crippen LogP contribution in [0.5, 0.6) is 0 Å². The number of nitriles is 1. The normalized spacial score (nSPS) is 12.9. The number of sulfonamides is 1. The van der Waals surface area contributed by atoms with Gasteiger partial charge in [0.2, 0.25) is 10.0 Å². The minimum Gasteiger partial charge on any atom is -0.398 e. The van der Waals surface area contributed by atoms with Crippen molar-refractivity contribution in [3.8, 4) is 6.07 Å². The van der Waals surface area contributed by atoms with Crippen LogP contribution in [0.4, 0.5) is 11.4 Å². The van der Waals surface area contributed by atoms with Crippen molar-refractivity contribution < 1.29 is 13.3 Å². The number of anilines is 1. The van der Waals surface area contributed by atoms with Gasteiger partial charge in [0.05, 0.1) is 23.1 Å². The molecular formula is C11H14N4O4S. The van der Waals surface area contributed by atoms with E-state index >= 15 is 0 Å². The lowest BCUT2D eigenvalue weighted by Gasteiger charge is -2.22. The first-order valence-corrected chi connectivity index (χ1v) is 7.04. The molecule has 0 saturated heterocycles. The van der Waals surface area contributed by atoms with E-state index in [1.165, 1.54) is 13.1 Å². The fraction of sp³-hybridized carbons (Fsp3) is 0.364. The Labute approximate surface area is 116 Å². The van der Waals surface area contributed by atoms with E-state index in [4.69, 9.17) is 11.0 Å². The highest BCUT2D eigenvalue weighted by atomic mass is 32.2. The van der Waals surface area contributed by atoms with E-state index < -0.39 is 21.0 Å². The Morgan fingerprint density at radius 1 is 1.55 bits per heavy atom. The van der Waals surface area contributed by atoms with Crippen LogP contribution in [0.15, 0.2) is 23.1 Å². The van der Waals surface area contributed by atoms with Crippen molar-refractivity contribution in [1.82, 2.24) is 4.31 Å². The molecule has 0 bridgehead atoms. The summed E-state index contributed by atoms with van der Waals surface area (Å²) in [5, 5.41) is 19.3. The van der Waals surface area contributed by atoms with E-state index in [1.807, 2.05) is 6.07 Å². The van der Waals surface area contributed by atoms with Crippen LogP contribution >= 0.6 is 0 Å². The highest BCUT2D eigenvalue weighted by Gasteiger charge is 2.28. The Morgan fingerprint density at radius 2 is 2.15 bits per heavy atom. The highest BCUT2D eigenvalue weighted by molar-refractivity contribution is 7.89. The zero-order valence-electron chi connectivity index (χ0n) is 11.0. The average Bonchev–Trinajstić information content (AvgIpc) is 2.37. The monoisotopic (exact) mass is 298 g/mol. The standard InChI is InChI=1S/C11H14N4O4S/c1-8(5-6-12)14(2)20(18,19)11-7-9(15(16)17)3-4-10(11)13/h3-4,7-8H,5,13H2,1-2H3. The molecule has 2 N–H and O–H groups in total. The minimum absolute atomic E-state index is 0.00453. The van der Waals surface area contributed by atoms with Crippen molar-refractivity contribution in [2.45, 2.75) is 24.3 Å². The van der Waals surface area contributed by atoms with Gasteiger partial charge in [-0.2, -0.15) is 9.57 Å². The number of nitrogens with zero attached hydrogens (tertiary/aromatic N) is 3. The molecule has 1 aromatic rings. The summed E-state index contributed by atoms with van der Waals surface area (Å²) in [6, 6.07) is 4.53. The Bertz CT molecular complexity index is 665. The molecule has 8 nitrogen and oxygen atoms in total. The van der Waals surface area contributed by atoms with Crippen molar-refractivity contribution >= 4 is 21.4 Å². The molecule has 1 aromatic carbocycles. The molecule has 0 radical (unpaired) electrons. The molecule has 0 saturated carbocycles. The Morgan fingerprint density at radius 3 is 2.65 bits per heavy atom. The molecule has 0 amide bonds. The third-order valence-electron chi connectivity index (χ3n) is 2.87. The first kappa shape index (κ1) is 15.9. The van der Waals surface area contributed by atoms with E-state index in [2.05, 4.69) is 0 Å². The summed E-state index contributed by atoms with van der Waals surface area (Å²) in [5.41, 5.74) is 5.16. The number of non-ortho nitro benzene ring substituents is 1. The maximum atomic E-state index is 12.4. The summed E-state index contributed by atoms with van der Waals surface area (Å²) in [4.78, 5) is 9.68. The molecule has 0 aliphatic carbocycles. The first-order chi connectivity index (χ1) is 9.21. The van der Waals surface area contributed by atoms with Gasteiger partial charge in [0.25, 0.3) is 5.69 Å². The first-order valence-electron chi connectivity index (χ1n) is 5.60. The Balaban J connectivity index is 3.32. The number of nitro groups is 1. The fourth-order valence-corrected chi connectivity index (χ4v) is 3.01. The predicted molar refractivity (Wildman–Crippen MR) is 72.1 cm³/mol. The largest absolute Gasteiger partial charge is 0.398 e. The number of rotatable bonds is 5. The van der Waals surface area contributed by atoms with Gasteiger partial charge < -0.3 is 5.73 Å². The van der Waals surface area contributed by atoms with Gasteiger partial charge in [0, 0.05) is 25.2 Å². The lowest BCUT2D eigenvalue weighted by molar-refractivity contribution is -0.385. The molecule has 0 aliphatic heterocycles. The van der Waals surface area contributed by atoms with Crippen LogP contribution in [0.1, 0.15) is 13.3 Å². The third kappa shape index (κ3) is 3.04. The van der Waals surface area contributed by atoms with Crippen LogP contribution in [0.25, 0.3) is 0 Å². The predicted octanol–water partition coefficient (Wildman–Crippen LogP) is 1.10. The molecule has 0 aromatic heterocycles. The quantitative estimate of drug-likeness (QED) is 0.492. The summed E-state index contributed by atoms with van der Waals surface area (Å²) in [5.74, 6) is 0. The van der Waals surface area contributed by atoms with Crippen LogP contribution in [-0.4, -0.2) is 30.7 Å². The maximum Gasteiger partial charge on any atom is 0.270 e. The van der Waals surface area contributed by atoms with Gasteiger partial charge in [0.1, 0.15) is 4.90 Å². The van der Waals surface area contributed by atoms with Gasteiger partial charge in [-0.05, 0) is 13.0 Å². The van der Waals surface area contributed by atoms with E-state index in [-0.39, 0.29) is 22.7 Å². The molecule has 20 heavy (non-hydrogen) atoms. The van der Waals surface area contributed by atoms with E-state index in [9.17, 15) is 18.5 Å². The summed E-state index contributed by atoms with van der Waals surface area (Å²) < 4.78 is 25.7. The van der Waals surface area contributed by atoms with E-state index in [0.29, 0.717) is 0 Å². The molecule has 1 unspecified atom stereocenters. The van der Waals surface area contributed by atoms with Gasteiger partial charge in [-0.3, -0.25) is 10.1 Å². The molecule has 9 heteroatoms. The molecule has 0 heterocycles. The highest BCUT2D eigenvalue weighted by Crippen LogP contribution is 2.27. The molecule has 0 aliphatic rings. The number of hydrogen-bond acceptors (Lipinski definition) is 6. The average molecular weight is 298 g/mol. The van der Waals surface area contributed by atoms with Crippen LogP contribution in [0.3, 0.4) is 0 Å². The van der Waals surface area contributed by atoms with Gasteiger partial charge >= 0.3 is 0 Å². The maximum absolute atomic E-state index is 12.4. The van der Waals surface area contributed by atoms with Crippen molar-refractivity contribution in [3.63, 3.8) is 0 Å². The van der Waals surface area contributed by atoms with Gasteiger partial charge in [-0.25, -0.2) is 8.42 Å². The van der Waals surface area contributed by atoms with E-state index in [0.717, 1.165) is 16.4 Å². The summed E-state index contributed by atoms with van der Waals surface area (Å²) in [6.45, 7) is 1.56. The van der Waals surface area contributed by atoms with Crippen molar-refractivity contribution in [3.05, 3.63) is 28.3 Å². The number of nitro benzene ring substituents is 1. The van der Waals surface area contributed by atoms with Crippen molar-refractivity contribution in [2.24, 2.45) is 0 Å². The Hall–Kier alpha value is -2.18. The van der Waals surface area contributed by atoms with Crippen LogP contribution in [-0.2, 0) is 10.0 Å². The van der Waals surface area contributed by atoms with Crippen molar-refractivity contribution in [2.75, 3.05) is 12.8 Å². The van der Waals surface area contributed by atoms with Crippen LogP contribution in [0, 0.1) is 21.4 Å². The summed E-state index contributed by atoms with van der Waals surface area (Å²) in [7, 11) is -2.69. The summed E-state index contributed by atoms with van der Waals surface area (Å²) >= 11 is 0. The molecule has 1 rings (SSSR count). The molecule has 0 fully saturated rings. The van der Waals surface area contributed by atoms with Gasteiger partial charge in [0.15, 0.2) is 0 Å². The zero-order valence-corrected chi connectivity index (χ0v) is 11.8. The number of benzene rings is 1. The lowest BCUT2D eigenvalue weighted by atomic mass is 10.3. The van der Waals surface area contributed by atoms with Crippen LogP contribution in [0.2, 0.25) is 0 Å². The zero-order chi connectivity index (χ0) is 15.5. The second-order valence-corrected chi connectivity index (χ2v) is 6.18. The topological polar surface area (TPSA) is 130 Å². The Kier molecular flexibility index (Phi) is 4.65. The molecular weight excluding hydrogens is 284 g/mol. The third-order valence-corrected chi connectivity index (χ3v) is 4.90. The van der Waals surface area contributed by atoms with Crippen molar-refractivity contribution in [1.29, 1.82) is 5.26 Å². The minimum atomic E-state index is -3.99. The fourth-order valence-electron chi connectivity index (χ4n) is 1.51. The SMILES string of the molecule is CC(CC#N)N(C)S(=O)(=O)c1cc([N+](=O)[O-])ccc1N. The second-order valence-electron chi connectivity index (χ2n) is 4.21. The summed E-state index contributed by atoms with van der Waals surface area (Å²) in [6.07, 6.45) is 0.00453. The smallest absolute Gasteiger partial charge is 0.270 e. The molecule has 1 atom stereocenters. The van der Waals surface area contributed by atoms with E-state index in [1.54, 1.807) is 6.92 Å². The molecule has 108 valence electrons. The second kappa shape index (κ2) is 5.85. The number of hydrogen-bond donors (Lipinski definition) is 1. The van der Waals surface area contributed by atoms with Gasteiger partial charge in [-0.15, -0.1) is 0 Å². The molecule has 0 spiro atoms. The van der Waals surface area contributed by atoms with Crippen LogP contribution < -0.4 is 5.73 Å². The lowest BCUT2D eigenvalue weighted by Crippen LogP contribution is -2.35. The van der Waals surface area contributed by atoms with Gasteiger partial charge in [-0.1, -0.05) is 0 Å². The number of nitrogens with two attached hydrogens (primary N) is 1. The number of nitrogen functional groups attached to an aromatic ring is 1.